The number of rotatable bonds is 3. The summed E-state index contributed by atoms with van der Waals surface area (Å²) in [7, 11) is 0. The lowest BCUT2D eigenvalue weighted by Crippen LogP contribution is -2.11. The van der Waals surface area contributed by atoms with Gasteiger partial charge in [0.15, 0.2) is 11.6 Å². The van der Waals surface area contributed by atoms with Crippen LogP contribution in [0.25, 0.3) is 0 Å². The van der Waals surface area contributed by atoms with Crippen molar-refractivity contribution in [2.45, 2.75) is 12.8 Å². The monoisotopic (exact) mass is 216 g/mol. The summed E-state index contributed by atoms with van der Waals surface area (Å²) in [4.78, 5) is 0. The Kier molecular flexibility index (Phi) is 2.50. The van der Waals surface area contributed by atoms with E-state index in [1.807, 2.05) is 6.07 Å². The SMILES string of the molecule is N#Cc1ccc(OCC2(C#N)CC2)c(F)c1. The number of nitrogens with zero attached hydrogens (tertiary/aromatic N) is 2. The van der Waals surface area contributed by atoms with Crippen molar-refractivity contribution in [2.24, 2.45) is 5.41 Å². The van der Waals surface area contributed by atoms with Gasteiger partial charge < -0.3 is 4.74 Å². The van der Waals surface area contributed by atoms with E-state index >= 15 is 0 Å². The van der Waals surface area contributed by atoms with E-state index in [2.05, 4.69) is 6.07 Å². The van der Waals surface area contributed by atoms with Crippen LogP contribution in [0.15, 0.2) is 18.2 Å². The maximum Gasteiger partial charge on any atom is 0.166 e. The fraction of sp³-hybridized carbons (Fsp3) is 0.333. The molecule has 1 aromatic carbocycles. The van der Waals surface area contributed by atoms with Crippen LogP contribution in [0, 0.1) is 33.9 Å². The highest BCUT2D eigenvalue weighted by Gasteiger charge is 2.44. The Hall–Kier alpha value is -2.07. The van der Waals surface area contributed by atoms with Crippen LogP contribution in [0.5, 0.6) is 5.75 Å². The molecule has 0 spiro atoms. The van der Waals surface area contributed by atoms with Crippen molar-refractivity contribution in [3.05, 3.63) is 29.6 Å². The first-order valence-electron chi connectivity index (χ1n) is 4.93. The summed E-state index contributed by atoms with van der Waals surface area (Å²) in [6, 6.07) is 8.04. The van der Waals surface area contributed by atoms with Gasteiger partial charge in [-0.05, 0) is 31.0 Å². The Morgan fingerprint density at radius 1 is 1.38 bits per heavy atom. The molecule has 0 radical (unpaired) electrons. The quantitative estimate of drug-likeness (QED) is 0.779. The molecule has 2 rings (SSSR count). The molecule has 16 heavy (non-hydrogen) atoms. The highest BCUT2D eigenvalue weighted by molar-refractivity contribution is 5.36. The molecule has 0 bridgehead atoms. The molecule has 0 aromatic heterocycles. The van der Waals surface area contributed by atoms with Crippen molar-refractivity contribution in [3.63, 3.8) is 0 Å². The van der Waals surface area contributed by atoms with Crippen LogP contribution in [-0.2, 0) is 0 Å². The largest absolute Gasteiger partial charge is 0.489 e. The molecule has 3 nitrogen and oxygen atoms in total. The van der Waals surface area contributed by atoms with Crippen LogP contribution in [0.3, 0.4) is 0 Å². The molecule has 0 amide bonds. The molecule has 0 unspecified atom stereocenters. The van der Waals surface area contributed by atoms with Crippen molar-refractivity contribution < 1.29 is 9.13 Å². The molecule has 0 atom stereocenters. The minimum absolute atomic E-state index is 0.0977. The van der Waals surface area contributed by atoms with Crippen LogP contribution in [0.2, 0.25) is 0 Å². The minimum Gasteiger partial charge on any atom is -0.489 e. The standard InChI is InChI=1S/C12H9FN2O/c13-10-5-9(6-14)1-2-11(10)16-8-12(7-15)3-4-12/h1-2,5H,3-4,8H2. The average molecular weight is 216 g/mol. The van der Waals surface area contributed by atoms with Crippen molar-refractivity contribution in [2.75, 3.05) is 6.61 Å². The zero-order valence-corrected chi connectivity index (χ0v) is 8.53. The summed E-state index contributed by atoms with van der Waals surface area (Å²) in [5.41, 5.74) is -0.161. The predicted octanol–water partition coefficient (Wildman–Crippen LogP) is 2.38. The number of hydrogen-bond acceptors (Lipinski definition) is 3. The molecule has 0 saturated heterocycles. The molecule has 0 N–H and O–H groups in total. The fourth-order valence-electron chi connectivity index (χ4n) is 1.34. The van der Waals surface area contributed by atoms with Gasteiger partial charge in [0.2, 0.25) is 0 Å². The van der Waals surface area contributed by atoms with Crippen molar-refractivity contribution >= 4 is 0 Å². The molecule has 1 fully saturated rings. The Labute approximate surface area is 92.7 Å². The second-order valence-corrected chi connectivity index (χ2v) is 3.94. The normalized spacial score (nSPS) is 15.9. The highest BCUT2D eigenvalue weighted by atomic mass is 19.1. The lowest BCUT2D eigenvalue weighted by Gasteiger charge is -2.09. The number of ether oxygens (including phenoxy) is 1. The fourth-order valence-corrected chi connectivity index (χ4v) is 1.34. The predicted molar refractivity (Wildman–Crippen MR) is 53.9 cm³/mol. The van der Waals surface area contributed by atoms with Crippen LogP contribution in [-0.4, -0.2) is 6.61 Å². The smallest absolute Gasteiger partial charge is 0.166 e. The van der Waals surface area contributed by atoms with Gasteiger partial charge in [0.05, 0.1) is 23.1 Å². The Morgan fingerprint density at radius 3 is 2.62 bits per heavy atom. The Morgan fingerprint density at radius 2 is 2.12 bits per heavy atom. The maximum absolute atomic E-state index is 13.4. The Balaban J connectivity index is 2.06. The number of halogens is 1. The first-order valence-corrected chi connectivity index (χ1v) is 4.93. The second kappa shape index (κ2) is 3.83. The zero-order chi connectivity index (χ0) is 11.6. The summed E-state index contributed by atoms with van der Waals surface area (Å²) in [6.07, 6.45) is 1.61. The molecular formula is C12H9FN2O. The molecule has 0 heterocycles. The van der Waals surface area contributed by atoms with Gasteiger partial charge in [-0.25, -0.2) is 4.39 Å². The zero-order valence-electron chi connectivity index (χ0n) is 8.53. The summed E-state index contributed by atoms with van der Waals surface area (Å²) in [6.45, 7) is 0.215. The average Bonchev–Trinajstić information content (AvgIpc) is 3.08. The van der Waals surface area contributed by atoms with E-state index < -0.39 is 11.2 Å². The topological polar surface area (TPSA) is 56.8 Å². The van der Waals surface area contributed by atoms with Gasteiger partial charge in [0.1, 0.15) is 6.61 Å². The van der Waals surface area contributed by atoms with Gasteiger partial charge in [-0.3, -0.25) is 0 Å². The van der Waals surface area contributed by atoms with Gasteiger partial charge >= 0.3 is 0 Å². The van der Waals surface area contributed by atoms with Crippen molar-refractivity contribution in [1.29, 1.82) is 10.5 Å². The third-order valence-corrected chi connectivity index (χ3v) is 2.66. The van der Waals surface area contributed by atoms with E-state index in [9.17, 15) is 4.39 Å². The molecule has 1 saturated carbocycles. The second-order valence-electron chi connectivity index (χ2n) is 3.94. The third-order valence-electron chi connectivity index (χ3n) is 2.66. The number of nitriles is 2. The summed E-state index contributed by atoms with van der Waals surface area (Å²) < 4.78 is 18.6. The molecule has 1 aliphatic rings. The van der Waals surface area contributed by atoms with Crippen LogP contribution < -0.4 is 4.74 Å². The number of hydrogen-bond donors (Lipinski definition) is 0. The third kappa shape index (κ3) is 1.97. The van der Waals surface area contributed by atoms with Gasteiger partial charge in [-0.2, -0.15) is 10.5 Å². The summed E-state index contributed by atoms with van der Waals surface area (Å²) in [5.74, 6) is -0.465. The van der Waals surface area contributed by atoms with E-state index in [-0.39, 0.29) is 17.9 Å². The molecular weight excluding hydrogens is 207 g/mol. The summed E-state index contributed by atoms with van der Waals surface area (Å²) >= 11 is 0. The van der Waals surface area contributed by atoms with Crippen molar-refractivity contribution in [3.8, 4) is 17.9 Å². The molecule has 0 aliphatic heterocycles. The summed E-state index contributed by atoms with van der Waals surface area (Å²) in [5, 5.41) is 17.4. The highest BCUT2D eigenvalue weighted by Crippen LogP contribution is 2.45. The van der Waals surface area contributed by atoms with Gasteiger partial charge in [0.25, 0.3) is 0 Å². The van der Waals surface area contributed by atoms with E-state index in [4.69, 9.17) is 15.3 Å². The maximum atomic E-state index is 13.4. The van der Waals surface area contributed by atoms with Gasteiger partial charge in [0, 0.05) is 0 Å². The van der Waals surface area contributed by atoms with Crippen molar-refractivity contribution in [1.82, 2.24) is 0 Å². The van der Waals surface area contributed by atoms with E-state index in [1.54, 1.807) is 0 Å². The van der Waals surface area contributed by atoms with Crippen LogP contribution in [0.1, 0.15) is 18.4 Å². The molecule has 4 heteroatoms. The van der Waals surface area contributed by atoms with Crippen LogP contribution in [0.4, 0.5) is 4.39 Å². The van der Waals surface area contributed by atoms with E-state index in [1.165, 1.54) is 12.1 Å². The number of benzene rings is 1. The van der Waals surface area contributed by atoms with E-state index in [0.29, 0.717) is 0 Å². The molecule has 1 aliphatic carbocycles. The first kappa shape index (κ1) is 10.4. The first-order chi connectivity index (χ1) is 7.69. The molecule has 80 valence electrons. The van der Waals surface area contributed by atoms with E-state index in [0.717, 1.165) is 18.9 Å². The lowest BCUT2D eigenvalue weighted by atomic mass is 10.1. The van der Waals surface area contributed by atoms with Gasteiger partial charge in [-0.15, -0.1) is 0 Å². The minimum atomic E-state index is -0.562. The van der Waals surface area contributed by atoms with Gasteiger partial charge in [-0.1, -0.05) is 0 Å². The lowest BCUT2D eigenvalue weighted by molar-refractivity contribution is 0.257. The molecule has 1 aromatic rings. The van der Waals surface area contributed by atoms with Crippen LogP contribution >= 0.6 is 0 Å². The Bertz CT molecular complexity index is 495.